The molecule has 2 rings (SSSR count). The molecule has 1 aromatic carbocycles. The molecule has 5 heteroatoms. The lowest BCUT2D eigenvalue weighted by Gasteiger charge is -2.15. The van der Waals surface area contributed by atoms with E-state index < -0.39 is 11.6 Å². The van der Waals surface area contributed by atoms with Gasteiger partial charge < -0.3 is 11.1 Å². The van der Waals surface area contributed by atoms with E-state index in [4.69, 9.17) is 5.73 Å². The highest BCUT2D eigenvalue weighted by molar-refractivity contribution is 5.76. The predicted octanol–water partition coefficient (Wildman–Crippen LogP) is 2.14. The summed E-state index contributed by atoms with van der Waals surface area (Å²) < 4.78 is 25.8. The Labute approximate surface area is 117 Å². The summed E-state index contributed by atoms with van der Waals surface area (Å²) in [5.41, 5.74) is 6.32. The minimum Gasteiger partial charge on any atom is -0.352 e. The number of benzene rings is 1. The second kappa shape index (κ2) is 6.79. The van der Waals surface area contributed by atoms with Crippen molar-refractivity contribution in [2.75, 3.05) is 6.54 Å². The largest absolute Gasteiger partial charge is 0.352 e. The van der Waals surface area contributed by atoms with Gasteiger partial charge in [-0.3, -0.25) is 4.79 Å². The van der Waals surface area contributed by atoms with Crippen molar-refractivity contribution >= 4 is 5.91 Å². The van der Waals surface area contributed by atoms with Crippen molar-refractivity contribution < 1.29 is 13.6 Å². The lowest BCUT2D eigenvalue weighted by Crippen LogP contribution is -2.41. The summed E-state index contributed by atoms with van der Waals surface area (Å²) in [7, 11) is 0. The third-order valence-corrected chi connectivity index (χ3v) is 3.64. The van der Waals surface area contributed by atoms with E-state index in [9.17, 15) is 13.6 Å². The lowest BCUT2D eigenvalue weighted by molar-refractivity contribution is -0.122. The van der Waals surface area contributed by atoms with E-state index >= 15 is 0 Å². The van der Waals surface area contributed by atoms with Gasteiger partial charge in [0.05, 0.1) is 0 Å². The molecule has 3 N–H and O–H groups in total. The standard InChI is InChI=1S/C15H20F2N2O/c16-12-7-4-10(8-13(12)17)2-1-3-15(20)19-14(9-18)11-5-6-11/h4,7-8,11,14H,1-3,5-6,9,18H2,(H,19,20). The predicted molar refractivity (Wildman–Crippen MR) is 73.0 cm³/mol. The lowest BCUT2D eigenvalue weighted by atomic mass is 10.1. The molecule has 0 aromatic heterocycles. The molecule has 0 bridgehead atoms. The fraction of sp³-hybridized carbons (Fsp3) is 0.533. The average molecular weight is 282 g/mol. The molecular weight excluding hydrogens is 262 g/mol. The summed E-state index contributed by atoms with van der Waals surface area (Å²) in [5, 5.41) is 2.94. The maximum absolute atomic E-state index is 13.0. The Morgan fingerprint density at radius 1 is 1.35 bits per heavy atom. The van der Waals surface area contributed by atoms with E-state index in [1.807, 2.05) is 0 Å². The summed E-state index contributed by atoms with van der Waals surface area (Å²) in [6.07, 6.45) is 3.82. The van der Waals surface area contributed by atoms with Gasteiger partial charge in [0.15, 0.2) is 11.6 Å². The normalized spacial score (nSPS) is 15.9. The molecule has 1 aromatic rings. The Kier molecular flexibility index (Phi) is 5.06. The van der Waals surface area contributed by atoms with E-state index in [2.05, 4.69) is 5.32 Å². The van der Waals surface area contributed by atoms with Crippen molar-refractivity contribution in [3.8, 4) is 0 Å². The molecule has 1 atom stereocenters. The summed E-state index contributed by atoms with van der Waals surface area (Å²) in [4.78, 5) is 11.8. The maximum atomic E-state index is 13.0. The molecule has 0 aliphatic heterocycles. The van der Waals surface area contributed by atoms with Crippen LogP contribution in [0.1, 0.15) is 31.2 Å². The molecule has 0 saturated heterocycles. The number of hydrogen-bond acceptors (Lipinski definition) is 2. The van der Waals surface area contributed by atoms with Gasteiger partial charge in [-0.1, -0.05) is 6.07 Å². The molecule has 1 amide bonds. The second-order valence-electron chi connectivity index (χ2n) is 5.35. The van der Waals surface area contributed by atoms with Crippen LogP contribution in [0, 0.1) is 17.6 Å². The molecule has 0 radical (unpaired) electrons. The molecule has 3 nitrogen and oxygen atoms in total. The number of nitrogens with one attached hydrogen (secondary N) is 1. The quantitative estimate of drug-likeness (QED) is 0.805. The van der Waals surface area contributed by atoms with Crippen LogP contribution in [-0.4, -0.2) is 18.5 Å². The monoisotopic (exact) mass is 282 g/mol. The van der Waals surface area contributed by atoms with Gasteiger partial charge >= 0.3 is 0 Å². The number of carbonyl (C=O) groups excluding carboxylic acids is 1. The van der Waals surface area contributed by atoms with Gasteiger partial charge in [0, 0.05) is 19.0 Å². The van der Waals surface area contributed by atoms with Crippen molar-refractivity contribution in [3.63, 3.8) is 0 Å². The number of carbonyl (C=O) groups is 1. The molecule has 1 aliphatic carbocycles. The van der Waals surface area contributed by atoms with Gasteiger partial charge in [-0.05, 0) is 49.3 Å². The van der Waals surface area contributed by atoms with E-state index in [1.165, 1.54) is 6.07 Å². The summed E-state index contributed by atoms with van der Waals surface area (Å²) in [5.74, 6) is -1.17. The Bertz CT molecular complexity index is 475. The Morgan fingerprint density at radius 2 is 2.10 bits per heavy atom. The van der Waals surface area contributed by atoms with E-state index in [1.54, 1.807) is 6.07 Å². The maximum Gasteiger partial charge on any atom is 0.220 e. The minimum atomic E-state index is -0.846. The van der Waals surface area contributed by atoms with Crippen LogP contribution in [-0.2, 0) is 11.2 Å². The van der Waals surface area contributed by atoms with Crippen LogP contribution in [0.5, 0.6) is 0 Å². The van der Waals surface area contributed by atoms with Crippen molar-refractivity contribution in [3.05, 3.63) is 35.4 Å². The van der Waals surface area contributed by atoms with Gasteiger partial charge in [0.25, 0.3) is 0 Å². The molecule has 0 heterocycles. The molecule has 1 aliphatic rings. The van der Waals surface area contributed by atoms with Gasteiger partial charge in [-0.2, -0.15) is 0 Å². The number of aryl methyl sites for hydroxylation is 1. The third-order valence-electron chi connectivity index (χ3n) is 3.64. The van der Waals surface area contributed by atoms with Crippen molar-refractivity contribution in [2.45, 2.75) is 38.1 Å². The molecule has 1 fully saturated rings. The summed E-state index contributed by atoms with van der Waals surface area (Å²) >= 11 is 0. The number of hydrogen-bond donors (Lipinski definition) is 2. The zero-order chi connectivity index (χ0) is 14.5. The summed E-state index contributed by atoms with van der Waals surface area (Å²) in [6.45, 7) is 0.472. The minimum absolute atomic E-state index is 0.0186. The van der Waals surface area contributed by atoms with E-state index in [0.29, 0.717) is 37.3 Å². The highest BCUT2D eigenvalue weighted by Gasteiger charge is 2.30. The first-order chi connectivity index (χ1) is 9.60. The van der Waals surface area contributed by atoms with Crippen LogP contribution < -0.4 is 11.1 Å². The van der Waals surface area contributed by atoms with Gasteiger partial charge in [-0.15, -0.1) is 0 Å². The van der Waals surface area contributed by atoms with Crippen molar-refractivity contribution in [1.29, 1.82) is 0 Å². The first-order valence-electron chi connectivity index (χ1n) is 7.03. The fourth-order valence-corrected chi connectivity index (χ4v) is 2.29. The van der Waals surface area contributed by atoms with Gasteiger partial charge in [-0.25, -0.2) is 8.78 Å². The SMILES string of the molecule is NCC(NC(=O)CCCc1ccc(F)c(F)c1)C1CC1. The average Bonchev–Trinajstić information content (AvgIpc) is 3.24. The van der Waals surface area contributed by atoms with E-state index in [0.717, 1.165) is 18.9 Å². The van der Waals surface area contributed by atoms with E-state index in [-0.39, 0.29) is 11.9 Å². The van der Waals surface area contributed by atoms with Crippen LogP contribution in [0.15, 0.2) is 18.2 Å². The van der Waals surface area contributed by atoms with Crippen LogP contribution >= 0.6 is 0 Å². The molecule has 1 saturated carbocycles. The second-order valence-corrected chi connectivity index (χ2v) is 5.35. The van der Waals surface area contributed by atoms with Crippen molar-refractivity contribution in [2.24, 2.45) is 11.7 Å². The molecule has 1 unspecified atom stereocenters. The van der Waals surface area contributed by atoms with Crippen LogP contribution in [0.3, 0.4) is 0 Å². The van der Waals surface area contributed by atoms with Gasteiger partial charge in [0.2, 0.25) is 5.91 Å². The number of halogens is 2. The number of rotatable bonds is 7. The van der Waals surface area contributed by atoms with Crippen LogP contribution in [0.25, 0.3) is 0 Å². The summed E-state index contributed by atoms with van der Waals surface area (Å²) in [6, 6.07) is 3.93. The highest BCUT2D eigenvalue weighted by Crippen LogP contribution is 2.32. The number of amides is 1. The zero-order valence-corrected chi connectivity index (χ0v) is 11.4. The Morgan fingerprint density at radius 3 is 2.70 bits per heavy atom. The molecule has 110 valence electrons. The molecular formula is C15H20F2N2O. The van der Waals surface area contributed by atoms with Crippen molar-refractivity contribution in [1.82, 2.24) is 5.32 Å². The Hall–Kier alpha value is -1.49. The molecule has 20 heavy (non-hydrogen) atoms. The first-order valence-corrected chi connectivity index (χ1v) is 7.03. The smallest absolute Gasteiger partial charge is 0.220 e. The molecule has 0 spiro atoms. The zero-order valence-electron chi connectivity index (χ0n) is 11.4. The van der Waals surface area contributed by atoms with Gasteiger partial charge in [0.1, 0.15) is 0 Å². The first kappa shape index (κ1) is 14.9. The van der Waals surface area contributed by atoms with Crippen LogP contribution in [0.2, 0.25) is 0 Å². The topological polar surface area (TPSA) is 55.1 Å². The number of nitrogens with two attached hydrogens (primary N) is 1. The highest BCUT2D eigenvalue weighted by atomic mass is 19.2. The fourth-order valence-electron chi connectivity index (χ4n) is 2.29. The van der Waals surface area contributed by atoms with Crippen LogP contribution in [0.4, 0.5) is 8.78 Å². The third kappa shape index (κ3) is 4.27. The Balaban J connectivity index is 1.71.